The summed E-state index contributed by atoms with van der Waals surface area (Å²) in [7, 11) is -2.21. The van der Waals surface area contributed by atoms with E-state index in [4.69, 9.17) is 0 Å². The topological polar surface area (TPSA) is 0 Å². The summed E-state index contributed by atoms with van der Waals surface area (Å²) in [4.78, 5) is 0. The molecule has 296 valence electrons. The first-order chi connectivity index (χ1) is 26.4. The second-order valence-corrected chi connectivity index (χ2v) is 25.1. The van der Waals surface area contributed by atoms with Crippen LogP contribution < -0.4 is 24.8 Å². The van der Waals surface area contributed by atoms with Gasteiger partial charge in [0.25, 0.3) is 0 Å². The first-order valence-electron chi connectivity index (χ1n) is 22.1. The van der Waals surface area contributed by atoms with Crippen LogP contribution in [0.15, 0.2) is 96.1 Å². The van der Waals surface area contributed by atoms with Gasteiger partial charge in [0.1, 0.15) is 0 Å². The summed E-state index contributed by atoms with van der Waals surface area (Å²) in [6.45, 7) is 14.9. The van der Waals surface area contributed by atoms with E-state index in [1.807, 2.05) is 21.5 Å². The molecule has 2 unspecified atom stereocenters. The molecule has 4 heteroatoms. The molecule has 3 aliphatic rings. The van der Waals surface area contributed by atoms with Gasteiger partial charge < -0.3 is 24.8 Å². The summed E-state index contributed by atoms with van der Waals surface area (Å²) in [6, 6.07) is 34.6. The minimum atomic E-state index is -2.21. The van der Waals surface area contributed by atoms with Crippen LogP contribution in [-0.2, 0) is 36.1 Å². The Labute approximate surface area is 366 Å². The zero-order valence-corrected chi connectivity index (χ0v) is 40.3. The fourth-order valence-corrected chi connectivity index (χ4v) is 20.4. The Bertz CT molecular complexity index is 1830. The van der Waals surface area contributed by atoms with Gasteiger partial charge in [-0.1, -0.05) is 0 Å². The minimum absolute atomic E-state index is 0. The predicted octanol–water partition coefficient (Wildman–Crippen LogP) is 9.85. The molecule has 0 radical (unpaired) electrons. The van der Waals surface area contributed by atoms with E-state index in [0.717, 1.165) is 0 Å². The van der Waals surface area contributed by atoms with Crippen LogP contribution in [0.2, 0.25) is 13.1 Å². The second-order valence-electron chi connectivity index (χ2n) is 17.2. The van der Waals surface area contributed by atoms with Gasteiger partial charge in [0.15, 0.2) is 0 Å². The van der Waals surface area contributed by atoms with E-state index < -0.39 is 31.3 Å². The fourth-order valence-electron chi connectivity index (χ4n) is 10.2. The molecule has 2 atom stereocenters. The number of hydrogen-bond acceptors (Lipinski definition) is 0. The van der Waals surface area contributed by atoms with Crippen molar-refractivity contribution in [2.75, 3.05) is 0 Å². The van der Waals surface area contributed by atoms with Crippen molar-refractivity contribution in [2.45, 2.75) is 151 Å². The maximum atomic E-state index is 2.79. The monoisotopic (exact) mass is 878 g/mol. The average molecular weight is 881 g/mol. The third-order valence-electron chi connectivity index (χ3n) is 13.0. The van der Waals surface area contributed by atoms with Crippen LogP contribution in [0.1, 0.15) is 158 Å². The van der Waals surface area contributed by atoms with Gasteiger partial charge in [-0.2, -0.15) is 0 Å². The van der Waals surface area contributed by atoms with Crippen LogP contribution in [0.25, 0.3) is 32.6 Å². The Kier molecular flexibility index (Phi) is 16.8. The second kappa shape index (κ2) is 20.8. The maximum Gasteiger partial charge on any atom is -1.00 e. The molecule has 0 aromatic heterocycles. The SMILES string of the molecule is CCCCCCC1=C2c3c(-c4ccc(CCCC)cc4)cccc3[CH]1[Zr+2][CH]1C(CCCCCC)=C(c3c(-c4ccc(CCCC)cc4)cccc31)[Si]2(C)C.[Cl-].[Cl-]. The summed E-state index contributed by atoms with van der Waals surface area (Å²) < 4.78 is 1.36. The van der Waals surface area contributed by atoms with Crippen LogP contribution in [-0.4, -0.2) is 8.07 Å². The van der Waals surface area contributed by atoms with E-state index in [1.54, 1.807) is 22.3 Å². The van der Waals surface area contributed by atoms with Crippen LogP contribution in [0.3, 0.4) is 0 Å². The number of hydrogen-bond donors (Lipinski definition) is 0. The number of allylic oxidation sites excluding steroid dienone is 2. The molecule has 0 saturated heterocycles. The van der Waals surface area contributed by atoms with E-state index in [9.17, 15) is 0 Å². The van der Waals surface area contributed by atoms with E-state index in [2.05, 4.69) is 126 Å². The summed E-state index contributed by atoms with van der Waals surface area (Å²) in [5.74, 6) is 0. The summed E-state index contributed by atoms with van der Waals surface area (Å²) in [5.41, 5.74) is 19.4. The number of aryl methyl sites for hydroxylation is 2. The Morgan fingerprint density at radius 2 is 0.839 bits per heavy atom. The molecule has 0 fully saturated rings. The molecule has 0 nitrogen and oxygen atoms in total. The Morgan fingerprint density at radius 3 is 1.21 bits per heavy atom. The number of halogens is 2. The van der Waals surface area contributed by atoms with E-state index >= 15 is 0 Å². The fraction of sp³-hybridized carbons (Fsp3) is 0.462. The number of rotatable bonds is 18. The normalized spacial score (nSPS) is 17.2. The number of fused-ring (bicyclic) bond motifs is 8. The maximum absolute atomic E-state index is 2.79. The van der Waals surface area contributed by atoms with Gasteiger partial charge in [0.2, 0.25) is 0 Å². The van der Waals surface area contributed by atoms with Gasteiger partial charge >= 0.3 is 344 Å². The van der Waals surface area contributed by atoms with Crippen molar-refractivity contribution in [3.8, 4) is 22.3 Å². The molecule has 0 N–H and O–H groups in total. The van der Waals surface area contributed by atoms with Crippen LogP contribution >= 0.6 is 0 Å². The van der Waals surface area contributed by atoms with Crippen molar-refractivity contribution in [2.24, 2.45) is 0 Å². The molecular formula is C52H66Cl2SiZr. The first-order valence-corrected chi connectivity index (χ1v) is 27.9. The molecule has 0 saturated carbocycles. The zero-order valence-electron chi connectivity index (χ0n) is 35.3. The average Bonchev–Trinajstić information content (AvgIpc) is 3.71. The molecule has 1 aliphatic heterocycles. The van der Waals surface area contributed by atoms with Gasteiger partial charge in [-0.15, -0.1) is 0 Å². The van der Waals surface area contributed by atoms with Crippen molar-refractivity contribution in [1.82, 2.24) is 0 Å². The Morgan fingerprint density at radius 1 is 0.446 bits per heavy atom. The standard InChI is InChI=1S/C52H66Si.2ClH.Zr/c1-7-11-15-17-23-45-37-43-25-19-27-47(41-33-29-39(30-34-41)21-13-9-3)49(43)51(45)53(5,6)52-46(24-18-16-12-8-2)38-44-26-20-28-48(50(44)52)42-35-31-40(32-36-42)22-14-10-4;;;/h19-20,25-38H,7-18,21-24H2,1-6H3;2*1H;/q;;;+2/p-2. The molecule has 0 amide bonds. The Hall–Kier alpha value is -1.96. The quantitative estimate of drug-likeness (QED) is 0.0691. The number of unbranched alkanes of at least 4 members (excludes halogenated alkanes) is 8. The molecule has 1 heterocycles. The third-order valence-corrected chi connectivity index (χ3v) is 21.5. The Balaban J connectivity index is 0.00000300. The smallest absolute Gasteiger partial charge is 1.00 e. The minimum Gasteiger partial charge on any atom is -1.00 e. The molecule has 56 heavy (non-hydrogen) atoms. The molecule has 2 aliphatic carbocycles. The molecule has 4 aromatic carbocycles. The van der Waals surface area contributed by atoms with Crippen molar-refractivity contribution in [3.63, 3.8) is 0 Å². The van der Waals surface area contributed by atoms with Gasteiger partial charge in [-0.05, 0) is 0 Å². The molecule has 4 aromatic rings. The predicted molar refractivity (Wildman–Crippen MR) is 235 cm³/mol. The molecular weight excluding hydrogens is 815 g/mol. The molecule has 4 bridgehead atoms. The van der Waals surface area contributed by atoms with Crippen molar-refractivity contribution >= 4 is 18.5 Å². The first kappa shape index (κ1) is 45.1. The van der Waals surface area contributed by atoms with E-state index in [0.29, 0.717) is 7.25 Å². The van der Waals surface area contributed by atoms with Gasteiger partial charge in [-0.3, -0.25) is 0 Å². The van der Waals surface area contributed by atoms with Crippen molar-refractivity contribution < 1.29 is 48.0 Å². The van der Waals surface area contributed by atoms with E-state index in [1.165, 1.54) is 136 Å². The summed E-state index contributed by atoms with van der Waals surface area (Å²) in [5, 5.41) is 3.70. The van der Waals surface area contributed by atoms with Gasteiger partial charge in [0, 0.05) is 0 Å². The summed E-state index contributed by atoms with van der Waals surface area (Å²) in [6.07, 6.45) is 20.8. The largest absolute Gasteiger partial charge is 1.00 e. The zero-order chi connectivity index (χ0) is 37.7. The van der Waals surface area contributed by atoms with Crippen molar-refractivity contribution in [1.29, 1.82) is 0 Å². The van der Waals surface area contributed by atoms with Gasteiger partial charge in [0.05, 0.1) is 0 Å². The number of benzene rings is 4. The van der Waals surface area contributed by atoms with Crippen molar-refractivity contribution in [3.05, 3.63) is 129 Å². The van der Waals surface area contributed by atoms with Gasteiger partial charge in [-0.25, -0.2) is 0 Å². The summed E-state index contributed by atoms with van der Waals surface area (Å²) >= 11 is -1.00. The van der Waals surface area contributed by atoms with Crippen LogP contribution in [0.4, 0.5) is 0 Å². The van der Waals surface area contributed by atoms with Crippen LogP contribution in [0, 0.1) is 0 Å². The third kappa shape index (κ3) is 9.10. The van der Waals surface area contributed by atoms with E-state index in [-0.39, 0.29) is 24.8 Å². The molecule has 0 spiro atoms. The van der Waals surface area contributed by atoms with Crippen LogP contribution in [0.5, 0.6) is 0 Å². The molecule has 7 rings (SSSR count).